The Morgan fingerprint density at radius 2 is 2.14 bits per heavy atom. The Labute approximate surface area is 125 Å². The van der Waals surface area contributed by atoms with Crippen LogP contribution in [-0.4, -0.2) is 25.4 Å². The number of hydrogen-bond acceptors (Lipinski definition) is 3. The molecule has 0 unspecified atom stereocenters. The Morgan fingerprint density at radius 1 is 1.48 bits per heavy atom. The van der Waals surface area contributed by atoms with Crippen molar-refractivity contribution in [3.05, 3.63) is 18.0 Å². The van der Waals surface area contributed by atoms with E-state index in [1.807, 2.05) is 6.92 Å². The summed E-state index contributed by atoms with van der Waals surface area (Å²) in [5, 5.41) is 8.05. The highest BCUT2D eigenvalue weighted by Gasteiger charge is 2.32. The zero-order valence-corrected chi connectivity index (χ0v) is 13.4. The number of sulfonamides is 1. The highest BCUT2D eigenvalue weighted by Crippen LogP contribution is 2.39. The van der Waals surface area contributed by atoms with Gasteiger partial charge in [0.15, 0.2) is 0 Å². The summed E-state index contributed by atoms with van der Waals surface area (Å²) < 4.78 is 24.5. The normalized spacial score (nSPS) is 17.3. The molecule has 1 aliphatic rings. The van der Waals surface area contributed by atoms with E-state index in [-0.39, 0.29) is 16.2 Å². The van der Waals surface area contributed by atoms with E-state index in [2.05, 4.69) is 12.2 Å². The number of amides is 1. The number of aryl methyl sites for hydroxylation is 1. The number of rotatable bonds is 6. The lowest BCUT2D eigenvalue weighted by atomic mass is 9.70. The summed E-state index contributed by atoms with van der Waals surface area (Å²) >= 11 is 0. The average molecular weight is 313 g/mol. The standard InChI is InChI=1S/C14H23N3O3S/c1-3-7-17-9-11(21(15,19)20)8-12(17)13(18)16-10-14(2)5-4-6-14/h8-9H,3-7,10H2,1-2H3,(H,16,18)(H2,15,19,20). The third kappa shape index (κ3) is 3.65. The predicted molar refractivity (Wildman–Crippen MR) is 80.4 cm³/mol. The lowest BCUT2D eigenvalue weighted by molar-refractivity contribution is 0.0881. The molecular weight excluding hydrogens is 290 g/mol. The van der Waals surface area contributed by atoms with Gasteiger partial charge in [-0.3, -0.25) is 4.79 Å². The third-order valence-electron chi connectivity index (χ3n) is 4.13. The molecule has 1 saturated carbocycles. The minimum atomic E-state index is -3.79. The fraction of sp³-hybridized carbons (Fsp3) is 0.643. The summed E-state index contributed by atoms with van der Waals surface area (Å²) in [5.74, 6) is -0.244. The fourth-order valence-electron chi connectivity index (χ4n) is 2.60. The number of nitrogens with zero attached hydrogens (tertiary/aromatic N) is 1. The Bertz CT molecular complexity index is 630. The van der Waals surface area contributed by atoms with Crippen LogP contribution in [-0.2, 0) is 16.6 Å². The summed E-state index contributed by atoms with van der Waals surface area (Å²) in [6.07, 6.45) is 5.67. The lowest BCUT2D eigenvalue weighted by Gasteiger charge is -2.38. The number of hydrogen-bond donors (Lipinski definition) is 2. The maximum atomic E-state index is 12.3. The van der Waals surface area contributed by atoms with Gasteiger partial charge in [-0.1, -0.05) is 20.3 Å². The molecule has 0 atom stereocenters. The second kappa shape index (κ2) is 5.81. The van der Waals surface area contributed by atoms with Crippen molar-refractivity contribution in [2.45, 2.75) is 51.0 Å². The highest BCUT2D eigenvalue weighted by molar-refractivity contribution is 7.89. The first kappa shape index (κ1) is 16.0. The molecule has 2 rings (SSSR count). The molecular formula is C14H23N3O3S. The van der Waals surface area contributed by atoms with Crippen LogP contribution in [0.3, 0.4) is 0 Å². The lowest BCUT2D eigenvalue weighted by Crippen LogP contribution is -2.40. The highest BCUT2D eigenvalue weighted by atomic mass is 32.2. The number of nitrogens with two attached hydrogens (primary N) is 1. The molecule has 0 radical (unpaired) electrons. The van der Waals surface area contributed by atoms with E-state index in [0.29, 0.717) is 18.8 Å². The van der Waals surface area contributed by atoms with Gasteiger partial charge >= 0.3 is 0 Å². The minimum Gasteiger partial charge on any atom is -0.350 e. The summed E-state index contributed by atoms with van der Waals surface area (Å²) in [7, 11) is -3.79. The van der Waals surface area contributed by atoms with Gasteiger partial charge in [0, 0.05) is 19.3 Å². The fourth-order valence-corrected chi connectivity index (χ4v) is 3.15. The van der Waals surface area contributed by atoms with Crippen molar-refractivity contribution in [3.8, 4) is 0 Å². The van der Waals surface area contributed by atoms with Crippen LogP contribution >= 0.6 is 0 Å². The average Bonchev–Trinajstić information content (AvgIpc) is 2.78. The van der Waals surface area contributed by atoms with Crippen molar-refractivity contribution in [2.75, 3.05) is 6.54 Å². The zero-order chi connectivity index (χ0) is 15.7. The van der Waals surface area contributed by atoms with Crippen LogP contribution in [0.15, 0.2) is 17.2 Å². The molecule has 0 spiro atoms. The molecule has 21 heavy (non-hydrogen) atoms. The molecule has 118 valence electrons. The smallest absolute Gasteiger partial charge is 0.267 e. The Hall–Kier alpha value is -1.34. The van der Waals surface area contributed by atoms with Gasteiger partial charge in [-0.15, -0.1) is 0 Å². The molecule has 0 saturated heterocycles. The van der Waals surface area contributed by atoms with Crippen molar-refractivity contribution < 1.29 is 13.2 Å². The summed E-state index contributed by atoms with van der Waals surface area (Å²) in [4.78, 5) is 12.3. The molecule has 6 nitrogen and oxygen atoms in total. The van der Waals surface area contributed by atoms with Crippen LogP contribution in [0.1, 0.15) is 50.0 Å². The van der Waals surface area contributed by atoms with Gasteiger partial charge in [0.25, 0.3) is 5.91 Å². The number of carbonyl (C=O) groups is 1. The summed E-state index contributed by atoms with van der Waals surface area (Å²) in [5.41, 5.74) is 0.532. The maximum Gasteiger partial charge on any atom is 0.267 e. The van der Waals surface area contributed by atoms with Gasteiger partial charge in [-0.25, -0.2) is 13.6 Å². The molecule has 1 aromatic rings. The van der Waals surface area contributed by atoms with Crippen molar-refractivity contribution >= 4 is 15.9 Å². The van der Waals surface area contributed by atoms with Crippen LogP contribution in [0, 0.1) is 5.41 Å². The first-order chi connectivity index (χ1) is 9.75. The third-order valence-corrected chi connectivity index (χ3v) is 5.01. The summed E-state index contributed by atoms with van der Waals surface area (Å²) in [6, 6.07) is 1.35. The predicted octanol–water partition coefficient (Wildman–Crippen LogP) is 1.47. The van der Waals surface area contributed by atoms with Crippen LogP contribution < -0.4 is 10.5 Å². The molecule has 7 heteroatoms. The molecule has 0 aromatic carbocycles. The van der Waals surface area contributed by atoms with Crippen LogP contribution in [0.25, 0.3) is 0 Å². The van der Waals surface area contributed by atoms with Gasteiger partial charge in [0.2, 0.25) is 10.0 Å². The van der Waals surface area contributed by atoms with E-state index in [9.17, 15) is 13.2 Å². The van der Waals surface area contributed by atoms with Crippen LogP contribution in [0.2, 0.25) is 0 Å². The minimum absolute atomic E-state index is 0.0176. The van der Waals surface area contributed by atoms with Crippen molar-refractivity contribution in [1.82, 2.24) is 9.88 Å². The quantitative estimate of drug-likeness (QED) is 0.832. The molecule has 1 aliphatic carbocycles. The number of carbonyl (C=O) groups excluding carboxylic acids is 1. The van der Waals surface area contributed by atoms with Gasteiger partial charge < -0.3 is 9.88 Å². The largest absolute Gasteiger partial charge is 0.350 e. The topological polar surface area (TPSA) is 94.2 Å². The SMILES string of the molecule is CCCn1cc(S(N)(=O)=O)cc1C(=O)NCC1(C)CCC1. The maximum absolute atomic E-state index is 12.3. The molecule has 3 N–H and O–H groups in total. The zero-order valence-electron chi connectivity index (χ0n) is 12.6. The monoisotopic (exact) mass is 313 g/mol. The van der Waals surface area contributed by atoms with E-state index in [4.69, 9.17) is 5.14 Å². The van der Waals surface area contributed by atoms with Gasteiger partial charge in [0.1, 0.15) is 10.6 Å². The molecule has 0 bridgehead atoms. The van der Waals surface area contributed by atoms with Gasteiger partial charge in [-0.2, -0.15) is 0 Å². The van der Waals surface area contributed by atoms with E-state index < -0.39 is 10.0 Å². The van der Waals surface area contributed by atoms with Crippen molar-refractivity contribution in [3.63, 3.8) is 0 Å². The number of aromatic nitrogens is 1. The number of primary sulfonamides is 1. The second-order valence-corrected chi connectivity index (χ2v) is 7.71. The van der Waals surface area contributed by atoms with Gasteiger partial charge in [-0.05, 0) is 30.7 Å². The molecule has 1 fully saturated rings. The molecule has 0 aliphatic heterocycles. The first-order valence-corrected chi connectivity index (χ1v) is 8.81. The van der Waals surface area contributed by atoms with Crippen LogP contribution in [0.4, 0.5) is 0 Å². The van der Waals surface area contributed by atoms with Crippen molar-refractivity contribution in [2.24, 2.45) is 10.6 Å². The van der Waals surface area contributed by atoms with E-state index in [0.717, 1.165) is 19.3 Å². The Balaban J connectivity index is 2.16. The number of nitrogens with one attached hydrogen (secondary N) is 1. The second-order valence-electron chi connectivity index (χ2n) is 6.15. The molecule has 1 aromatic heterocycles. The van der Waals surface area contributed by atoms with E-state index in [1.54, 1.807) is 4.57 Å². The summed E-state index contributed by atoms with van der Waals surface area (Å²) in [6.45, 7) is 5.31. The Morgan fingerprint density at radius 3 is 2.62 bits per heavy atom. The van der Waals surface area contributed by atoms with E-state index in [1.165, 1.54) is 18.7 Å². The molecule has 1 heterocycles. The van der Waals surface area contributed by atoms with Gasteiger partial charge in [0.05, 0.1) is 0 Å². The first-order valence-electron chi connectivity index (χ1n) is 7.26. The van der Waals surface area contributed by atoms with E-state index >= 15 is 0 Å². The van der Waals surface area contributed by atoms with Crippen LogP contribution in [0.5, 0.6) is 0 Å². The van der Waals surface area contributed by atoms with Crippen molar-refractivity contribution in [1.29, 1.82) is 0 Å². The Kier molecular flexibility index (Phi) is 4.43. The molecule has 1 amide bonds.